The third-order valence-corrected chi connectivity index (χ3v) is 8.98. The number of methoxy groups -OCH3 is 1. The number of likely N-dealkylation sites (N-methyl/N-ethyl adjacent to an activating group) is 1. The molecule has 1 aromatic heterocycles. The number of nitrogens with two attached hydrogens (primary N) is 1. The maximum atomic E-state index is 13.5. The number of esters is 1. The van der Waals surface area contributed by atoms with Crippen LogP contribution in [0.2, 0.25) is 0 Å². The van der Waals surface area contributed by atoms with E-state index in [1.54, 1.807) is 19.4 Å². The lowest BCUT2D eigenvalue weighted by Crippen LogP contribution is -2.74. The highest BCUT2D eigenvalue weighted by atomic mass is 19.4. The maximum Gasteiger partial charge on any atom is 0.490 e. The Balaban J connectivity index is 0.000000515. The number of H-pyrrole nitrogens is 1. The number of nitrogens with zero attached hydrogens (tertiary/aromatic N) is 2. The summed E-state index contributed by atoms with van der Waals surface area (Å²) in [7, 11) is 3.63. The number of carbonyl (C=O) groups excluding carboxylic acids is 2. The number of benzene rings is 1. The molecule has 4 aliphatic rings. The van der Waals surface area contributed by atoms with Gasteiger partial charge in [-0.25, -0.2) is 14.6 Å². The Kier molecular flexibility index (Phi) is 8.59. The van der Waals surface area contributed by atoms with Crippen molar-refractivity contribution in [2.24, 2.45) is 5.73 Å². The molecule has 2 bridgehead atoms. The molecule has 1 saturated heterocycles. The van der Waals surface area contributed by atoms with Crippen molar-refractivity contribution in [1.29, 1.82) is 0 Å². The molecule has 0 saturated carbocycles. The number of hydrogen-bond donors (Lipinski definition) is 5. The Hall–Kier alpha value is -4.15. The van der Waals surface area contributed by atoms with Gasteiger partial charge in [0.1, 0.15) is 11.8 Å². The van der Waals surface area contributed by atoms with Crippen molar-refractivity contribution in [2.75, 3.05) is 27.2 Å². The van der Waals surface area contributed by atoms with Crippen LogP contribution < -0.4 is 20.5 Å². The normalized spacial score (nSPS) is 26.7. The molecule has 1 amide bonds. The summed E-state index contributed by atoms with van der Waals surface area (Å²) in [5.41, 5.74) is 6.32. The molecule has 6 N–H and O–H groups in total. The van der Waals surface area contributed by atoms with Crippen molar-refractivity contribution in [3.05, 3.63) is 53.3 Å². The number of aromatic amines is 1. The lowest BCUT2D eigenvalue weighted by molar-refractivity contribution is -0.192. The number of halogens is 3. The van der Waals surface area contributed by atoms with Gasteiger partial charge in [0.05, 0.1) is 30.1 Å². The van der Waals surface area contributed by atoms with E-state index < -0.39 is 41.3 Å². The molecule has 3 heterocycles. The second-order valence-electron chi connectivity index (χ2n) is 11.4. The molecule has 13 nitrogen and oxygen atoms in total. The number of carboxylic acid groups (broad SMARTS) is 1. The Morgan fingerprint density at radius 1 is 1.33 bits per heavy atom. The largest absolute Gasteiger partial charge is 0.493 e. The van der Waals surface area contributed by atoms with Gasteiger partial charge in [0.15, 0.2) is 17.6 Å². The first kappa shape index (κ1) is 32.2. The fraction of sp³-hybridized carbons (Fsp3) is 0.517. The van der Waals surface area contributed by atoms with Gasteiger partial charge in [0, 0.05) is 43.6 Å². The third kappa shape index (κ3) is 5.50. The molecular weight excluding hydrogens is 603 g/mol. The quantitative estimate of drug-likeness (QED) is 0.259. The predicted octanol–water partition coefficient (Wildman–Crippen LogP) is 0.949. The van der Waals surface area contributed by atoms with E-state index in [1.165, 1.54) is 6.33 Å². The number of likely N-dealkylation sites (tertiary alicyclic amines) is 1. The Labute approximate surface area is 255 Å². The van der Waals surface area contributed by atoms with Crippen molar-refractivity contribution < 1.29 is 52.0 Å². The molecule has 2 aromatic rings. The number of alkyl halides is 3. The van der Waals surface area contributed by atoms with Gasteiger partial charge < -0.3 is 45.4 Å². The molecule has 5 atom stereocenters. The van der Waals surface area contributed by atoms with E-state index in [-0.39, 0.29) is 31.3 Å². The number of imidazole rings is 1. The summed E-state index contributed by atoms with van der Waals surface area (Å²) < 4.78 is 49.9. The van der Waals surface area contributed by atoms with Crippen molar-refractivity contribution in [3.63, 3.8) is 0 Å². The first-order valence-electron chi connectivity index (χ1n) is 14.2. The highest BCUT2D eigenvalue weighted by molar-refractivity contribution is 5.85. The number of hydrogen-bond acceptors (Lipinski definition) is 10. The van der Waals surface area contributed by atoms with Crippen LogP contribution >= 0.6 is 0 Å². The van der Waals surface area contributed by atoms with Crippen LogP contribution in [-0.2, 0) is 37.4 Å². The van der Waals surface area contributed by atoms with Gasteiger partial charge >= 0.3 is 18.1 Å². The molecule has 1 aromatic carbocycles. The summed E-state index contributed by atoms with van der Waals surface area (Å²) in [4.78, 5) is 44.1. The number of carboxylic acids is 1. The van der Waals surface area contributed by atoms with Gasteiger partial charge in [-0.1, -0.05) is 6.07 Å². The number of aromatic nitrogens is 2. The lowest BCUT2D eigenvalue weighted by Gasteiger charge is -2.61. The fourth-order valence-electron chi connectivity index (χ4n) is 6.98. The minimum atomic E-state index is -5.08. The average Bonchev–Trinajstić information content (AvgIpc) is 3.62. The summed E-state index contributed by atoms with van der Waals surface area (Å²) in [6.07, 6.45) is 1.02. The second kappa shape index (κ2) is 12.0. The van der Waals surface area contributed by atoms with E-state index in [4.69, 9.17) is 29.8 Å². The molecule has 45 heavy (non-hydrogen) atoms. The Morgan fingerprint density at radius 2 is 2.07 bits per heavy atom. The molecule has 2 aliphatic carbocycles. The van der Waals surface area contributed by atoms with Crippen LogP contribution in [0.25, 0.3) is 0 Å². The molecule has 6 rings (SSSR count). The Bertz CT molecular complexity index is 1500. The standard InChI is InChI=1S/C27H33N5O6.C2HF3O2/c1-32-10-8-26-22-15-3-4-18(36-2)23(22)38-24(26)19(5-7-27(26,35)20(32)11-15)37-25(34)17(31-21(33)6-9-28)12-16-13-29-14-30-16;3-2(4,5)1(6)7/h3-5,13-14,17,20,24,35H,6-12,28H2,1-2H3,(H,29,30)(H,31,33);(H,6,7)/t17?,20-,24+,26+,27-;/m1./s1. The number of nitrogens with one attached hydrogen (secondary N) is 2. The van der Waals surface area contributed by atoms with Crippen molar-refractivity contribution in [2.45, 2.75) is 67.5 Å². The summed E-state index contributed by atoms with van der Waals surface area (Å²) in [5.74, 6) is -2.20. The number of aliphatic hydroxyl groups is 1. The van der Waals surface area contributed by atoms with E-state index in [2.05, 4.69) is 20.2 Å². The van der Waals surface area contributed by atoms with Gasteiger partial charge in [0.25, 0.3) is 0 Å². The Morgan fingerprint density at radius 3 is 2.69 bits per heavy atom. The number of amides is 1. The van der Waals surface area contributed by atoms with Crippen LogP contribution in [0.1, 0.15) is 36.1 Å². The SMILES string of the molecule is COc1ccc2c3c1O[C@H]1C(OC(=O)C(Cc4c[nH]cn4)NC(=O)CCN)=CC[C@@]4(O)[C@@H](C2)N(C)CC[C@]314.O=C(O)C(F)(F)F. The van der Waals surface area contributed by atoms with Gasteiger partial charge in [-0.3, -0.25) is 4.79 Å². The van der Waals surface area contributed by atoms with Crippen LogP contribution in [0.4, 0.5) is 13.2 Å². The predicted molar refractivity (Wildman–Crippen MR) is 149 cm³/mol. The van der Waals surface area contributed by atoms with Crippen molar-refractivity contribution >= 4 is 17.8 Å². The summed E-state index contributed by atoms with van der Waals surface area (Å²) in [5, 5.41) is 22.2. The summed E-state index contributed by atoms with van der Waals surface area (Å²) in [6.45, 7) is 0.928. The molecule has 1 unspecified atom stereocenters. The average molecular weight is 638 g/mol. The van der Waals surface area contributed by atoms with E-state index in [1.807, 2.05) is 19.2 Å². The van der Waals surface area contributed by atoms with Crippen LogP contribution in [0.5, 0.6) is 11.5 Å². The van der Waals surface area contributed by atoms with Gasteiger partial charge in [-0.05, 0) is 44.1 Å². The third-order valence-electron chi connectivity index (χ3n) is 8.98. The van der Waals surface area contributed by atoms with Gasteiger partial charge in [-0.2, -0.15) is 13.2 Å². The summed E-state index contributed by atoms with van der Waals surface area (Å²) in [6, 6.07) is 2.87. The second-order valence-corrected chi connectivity index (χ2v) is 11.4. The van der Waals surface area contributed by atoms with E-state index in [0.717, 1.165) is 17.7 Å². The monoisotopic (exact) mass is 637 g/mol. The minimum Gasteiger partial charge on any atom is -0.493 e. The molecule has 1 spiro atoms. The molecular formula is C29H34F3N5O8. The summed E-state index contributed by atoms with van der Waals surface area (Å²) >= 11 is 0. The molecule has 1 fully saturated rings. The number of carbonyl (C=O) groups is 3. The van der Waals surface area contributed by atoms with E-state index in [0.29, 0.717) is 42.2 Å². The number of piperidine rings is 1. The fourth-order valence-corrected chi connectivity index (χ4v) is 6.98. The number of aliphatic carboxylic acids is 1. The highest BCUT2D eigenvalue weighted by Gasteiger charge is 2.72. The molecule has 16 heteroatoms. The zero-order chi connectivity index (χ0) is 32.7. The zero-order valence-electron chi connectivity index (χ0n) is 24.5. The molecule has 244 valence electrons. The van der Waals surface area contributed by atoms with Crippen LogP contribution in [-0.4, -0.2) is 100 Å². The van der Waals surface area contributed by atoms with Crippen LogP contribution in [0.3, 0.4) is 0 Å². The maximum absolute atomic E-state index is 13.5. The van der Waals surface area contributed by atoms with E-state index in [9.17, 15) is 27.9 Å². The zero-order valence-corrected chi connectivity index (χ0v) is 24.5. The molecule has 0 radical (unpaired) electrons. The van der Waals surface area contributed by atoms with Crippen LogP contribution in [0.15, 0.2) is 36.5 Å². The minimum absolute atomic E-state index is 0.0850. The lowest BCUT2D eigenvalue weighted by atomic mass is 9.50. The van der Waals surface area contributed by atoms with E-state index >= 15 is 0 Å². The topological polar surface area (TPSA) is 189 Å². The van der Waals surface area contributed by atoms with Crippen molar-refractivity contribution in [3.8, 4) is 11.5 Å². The smallest absolute Gasteiger partial charge is 0.490 e. The molecule has 2 aliphatic heterocycles. The van der Waals surface area contributed by atoms with Crippen molar-refractivity contribution in [1.82, 2.24) is 20.2 Å². The van der Waals surface area contributed by atoms with Gasteiger partial charge in [0.2, 0.25) is 5.91 Å². The number of rotatable bonds is 8. The highest BCUT2D eigenvalue weighted by Crippen LogP contribution is 2.65. The first-order valence-corrected chi connectivity index (χ1v) is 14.2. The number of ether oxygens (including phenoxy) is 3. The first-order chi connectivity index (χ1) is 21.3. The van der Waals surface area contributed by atoms with Gasteiger partial charge in [-0.15, -0.1) is 0 Å². The van der Waals surface area contributed by atoms with Crippen LogP contribution in [0, 0.1) is 0 Å².